The van der Waals surface area contributed by atoms with Crippen molar-refractivity contribution in [1.29, 1.82) is 0 Å². The number of benzene rings is 3. The van der Waals surface area contributed by atoms with E-state index in [1.165, 1.54) is 5.56 Å². The maximum atomic E-state index is 11.6. The fraction of sp³-hybridized carbons (Fsp3) is 0.190. The van der Waals surface area contributed by atoms with Crippen molar-refractivity contribution >= 4 is 16.7 Å². The number of aryl methyl sites for hydroxylation is 1. The largest absolute Gasteiger partial charge is 0.478 e. The Bertz CT molecular complexity index is 837. The normalized spacial score (nSPS) is 12.0. The van der Waals surface area contributed by atoms with Gasteiger partial charge in [0.15, 0.2) is 6.10 Å². The van der Waals surface area contributed by atoms with E-state index in [0.29, 0.717) is 12.2 Å². The second-order valence-corrected chi connectivity index (χ2v) is 5.83. The van der Waals surface area contributed by atoms with Crippen LogP contribution in [0.2, 0.25) is 0 Å². The first-order chi connectivity index (χ1) is 11.7. The summed E-state index contributed by atoms with van der Waals surface area (Å²) in [5.41, 5.74) is 2.20. The van der Waals surface area contributed by atoms with Crippen LogP contribution in [-0.2, 0) is 17.6 Å². The molecule has 122 valence electrons. The van der Waals surface area contributed by atoms with Gasteiger partial charge in [-0.1, -0.05) is 61.5 Å². The minimum atomic E-state index is -0.956. The first-order valence-electron chi connectivity index (χ1n) is 8.12. The molecule has 3 heteroatoms. The van der Waals surface area contributed by atoms with E-state index in [0.717, 1.165) is 22.8 Å². The Morgan fingerprint density at radius 1 is 0.958 bits per heavy atom. The van der Waals surface area contributed by atoms with Crippen LogP contribution in [0.4, 0.5) is 0 Å². The predicted molar refractivity (Wildman–Crippen MR) is 95.5 cm³/mol. The molecule has 0 aliphatic carbocycles. The average molecular weight is 320 g/mol. The van der Waals surface area contributed by atoms with Crippen molar-refractivity contribution in [2.75, 3.05) is 0 Å². The Balaban J connectivity index is 1.78. The summed E-state index contributed by atoms with van der Waals surface area (Å²) in [7, 11) is 0. The molecule has 0 heterocycles. The number of ether oxygens (including phenoxy) is 1. The van der Waals surface area contributed by atoms with E-state index >= 15 is 0 Å². The molecule has 0 unspecified atom stereocenters. The van der Waals surface area contributed by atoms with E-state index in [1.807, 2.05) is 66.7 Å². The molecule has 3 aromatic rings. The average Bonchev–Trinajstić information content (AvgIpc) is 2.61. The van der Waals surface area contributed by atoms with Crippen molar-refractivity contribution in [3.8, 4) is 5.75 Å². The molecular weight excluding hydrogens is 300 g/mol. The standard InChI is InChI=1S/C21H20O3/c1-2-15-7-9-16(10-8-15)13-20(21(22)23)24-19-12-11-17-5-3-4-6-18(17)14-19/h3-12,14,20H,2,13H2,1H3,(H,22,23)/t20-/m0/s1. The van der Waals surface area contributed by atoms with Gasteiger partial charge in [-0.2, -0.15) is 0 Å². The van der Waals surface area contributed by atoms with Crippen LogP contribution in [-0.4, -0.2) is 17.2 Å². The molecule has 0 bridgehead atoms. The number of rotatable bonds is 6. The monoisotopic (exact) mass is 320 g/mol. The lowest BCUT2D eigenvalue weighted by Crippen LogP contribution is -2.29. The molecule has 3 rings (SSSR count). The number of carbonyl (C=O) groups is 1. The molecule has 0 saturated heterocycles. The maximum absolute atomic E-state index is 11.6. The molecule has 0 spiro atoms. The van der Waals surface area contributed by atoms with Gasteiger partial charge in [0, 0.05) is 6.42 Å². The van der Waals surface area contributed by atoms with Gasteiger partial charge < -0.3 is 9.84 Å². The molecular formula is C21H20O3. The molecule has 0 radical (unpaired) electrons. The van der Waals surface area contributed by atoms with Gasteiger partial charge in [-0.3, -0.25) is 0 Å². The zero-order valence-corrected chi connectivity index (χ0v) is 13.6. The lowest BCUT2D eigenvalue weighted by Gasteiger charge is -2.16. The van der Waals surface area contributed by atoms with Crippen LogP contribution < -0.4 is 4.74 Å². The van der Waals surface area contributed by atoms with E-state index in [4.69, 9.17) is 4.74 Å². The Kier molecular flexibility index (Phi) is 4.80. The molecule has 3 aromatic carbocycles. The van der Waals surface area contributed by atoms with Gasteiger partial charge >= 0.3 is 5.97 Å². The Hall–Kier alpha value is -2.81. The van der Waals surface area contributed by atoms with Crippen molar-refractivity contribution in [3.63, 3.8) is 0 Å². The first-order valence-corrected chi connectivity index (χ1v) is 8.12. The van der Waals surface area contributed by atoms with Gasteiger partial charge in [0.05, 0.1) is 0 Å². The Labute approximate surface area is 141 Å². The third kappa shape index (κ3) is 3.74. The van der Waals surface area contributed by atoms with Gasteiger partial charge in [-0.25, -0.2) is 4.79 Å². The van der Waals surface area contributed by atoms with E-state index in [9.17, 15) is 9.90 Å². The van der Waals surface area contributed by atoms with Crippen LogP contribution in [0.15, 0.2) is 66.7 Å². The van der Waals surface area contributed by atoms with Crippen molar-refractivity contribution in [2.24, 2.45) is 0 Å². The summed E-state index contributed by atoms with van der Waals surface area (Å²) in [5.74, 6) is -0.381. The molecule has 1 atom stereocenters. The number of fused-ring (bicyclic) bond motifs is 1. The zero-order chi connectivity index (χ0) is 16.9. The third-order valence-corrected chi connectivity index (χ3v) is 4.13. The molecule has 0 aliphatic heterocycles. The second-order valence-electron chi connectivity index (χ2n) is 5.83. The van der Waals surface area contributed by atoms with E-state index in [1.54, 1.807) is 0 Å². The minimum absolute atomic E-state index is 0.339. The second kappa shape index (κ2) is 7.18. The highest BCUT2D eigenvalue weighted by Gasteiger charge is 2.20. The molecule has 0 aromatic heterocycles. The lowest BCUT2D eigenvalue weighted by atomic mass is 10.0. The number of carboxylic acid groups (broad SMARTS) is 1. The van der Waals surface area contributed by atoms with Gasteiger partial charge in [-0.05, 0) is 40.5 Å². The summed E-state index contributed by atoms with van der Waals surface area (Å²) in [6, 6.07) is 21.6. The fourth-order valence-electron chi connectivity index (χ4n) is 2.71. The summed E-state index contributed by atoms with van der Waals surface area (Å²) >= 11 is 0. The van der Waals surface area contributed by atoms with Crippen LogP contribution in [0.1, 0.15) is 18.1 Å². The Morgan fingerprint density at radius 2 is 1.62 bits per heavy atom. The highest BCUT2D eigenvalue weighted by atomic mass is 16.5. The number of aliphatic carboxylic acids is 1. The molecule has 0 fully saturated rings. The summed E-state index contributed by atoms with van der Waals surface area (Å²) in [5, 5.41) is 11.6. The van der Waals surface area contributed by atoms with Gasteiger partial charge in [0.1, 0.15) is 5.75 Å². The highest BCUT2D eigenvalue weighted by molar-refractivity contribution is 5.84. The van der Waals surface area contributed by atoms with Crippen molar-refractivity contribution in [3.05, 3.63) is 77.9 Å². The van der Waals surface area contributed by atoms with Crippen LogP contribution >= 0.6 is 0 Å². The molecule has 0 amide bonds. The number of hydrogen-bond donors (Lipinski definition) is 1. The van der Waals surface area contributed by atoms with E-state index in [-0.39, 0.29) is 0 Å². The quantitative estimate of drug-likeness (QED) is 0.728. The summed E-state index contributed by atoms with van der Waals surface area (Å²) in [4.78, 5) is 11.6. The summed E-state index contributed by atoms with van der Waals surface area (Å²) < 4.78 is 5.74. The van der Waals surface area contributed by atoms with E-state index in [2.05, 4.69) is 6.92 Å². The highest BCUT2D eigenvalue weighted by Crippen LogP contribution is 2.22. The van der Waals surface area contributed by atoms with E-state index < -0.39 is 12.1 Å². The predicted octanol–water partition coefficient (Wildman–Crippen LogP) is 4.48. The minimum Gasteiger partial charge on any atom is -0.478 e. The lowest BCUT2D eigenvalue weighted by molar-refractivity contribution is -0.145. The topological polar surface area (TPSA) is 46.5 Å². The molecule has 3 nitrogen and oxygen atoms in total. The smallest absolute Gasteiger partial charge is 0.345 e. The maximum Gasteiger partial charge on any atom is 0.345 e. The number of hydrogen-bond acceptors (Lipinski definition) is 2. The van der Waals surface area contributed by atoms with Gasteiger partial charge in [0.2, 0.25) is 0 Å². The van der Waals surface area contributed by atoms with Crippen molar-refractivity contribution in [2.45, 2.75) is 25.9 Å². The molecule has 0 aliphatic rings. The van der Waals surface area contributed by atoms with Crippen molar-refractivity contribution in [1.82, 2.24) is 0 Å². The number of carboxylic acids is 1. The first kappa shape index (κ1) is 16.1. The van der Waals surface area contributed by atoms with Gasteiger partial charge in [0.25, 0.3) is 0 Å². The summed E-state index contributed by atoms with van der Waals surface area (Å²) in [6.45, 7) is 2.10. The Morgan fingerprint density at radius 3 is 2.29 bits per heavy atom. The third-order valence-electron chi connectivity index (χ3n) is 4.13. The van der Waals surface area contributed by atoms with Crippen molar-refractivity contribution < 1.29 is 14.6 Å². The van der Waals surface area contributed by atoms with Crippen LogP contribution in [0.5, 0.6) is 5.75 Å². The summed E-state index contributed by atoms with van der Waals surface area (Å²) in [6.07, 6.45) is 0.404. The molecule has 24 heavy (non-hydrogen) atoms. The molecule has 1 N–H and O–H groups in total. The van der Waals surface area contributed by atoms with Crippen LogP contribution in [0, 0.1) is 0 Å². The van der Waals surface area contributed by atoms with Gasteiger partial charge in [-0.15, -0.1) is 0 Å². The fourth-order valence-corrected chi connectivity index (χ4v) is 2.71. The molecule has 0 saturated carbocycles. The van der Waals surface area contributed by atoms with Crippen LogP contribution in [0.3, 0.4) is 0 Å². The zero-order valence-electron chi connectivity index (χ0n) is 13.6. The SMILES string of the molecule is CCc1ccc(C[C@H](Oc2ccc3ccccc3c2)C(=O)O)cc1. The van der Waals surface area contributed by atoms with Crippen LogP contribution in [0.25, 0.3) is 10.8 Å².